The molecule has 0 aliphatic heterocycles. The number of rotatable bonds is 5. The zero-order valence-corrected chi connectivity index (χ0v) is 13.1. The van der Waals surface area contributed by atoms with Crippen LogP contribution in [0.15, 0.2) is 33.3 Å². The molecule has 102 valence electrons. The third-order valence-electron chi connectivity index (χ3n) is 2.90. The van der Waals surface area contributed by atoms with Crippen LogP contribution >= 0.6 is 15.9 Å². The molecule has 1 N–H and O–H groups in total. The molecule has 0 fully saturated rings. The number of aromatic nitrogens is 1. The van der Waals surface area contributed by atoms with Crippen molar-refractivity contribution in [3.05, 3.63) is 40.3 Å². The van der Waals surface area contributed by atoms with Crippen molar-refractivity contribution >= 4 is 15.9 Å². The van der Waals surface area contributed by atoms with Crippen molar-refractivity contribution in [3.63, 3.8) is 0 Å². The molecule has 0 bridgehead atoms. The highest BCUT2D eigenvalue weighted by molar-refractivity contribution is 9.10. The lowest BCUT2D eigenvalue weighted by Gasteiger charge is -2.05. The average Bonchev–Trinajstić information content (AvgIpc) is 2.81. The Morgan fingerprint density at radius 3 is 2.89 bits per heavy atom. The van der Waals surface area contributed by atoms with Crippen LogP contribution in [0.25, 0.3) is 11.3 Å². The first-order valence-electron chi connectivity index (χ1n) is 6.51. The van der Waals surface area contributed by atoms with Gasteiger partial charge in [-0.15, -0.1) is 0 Å². The molecular weight excluding hydrogens is 304 g/mol. The Morgan fingerprint density at radius 1 is 1.37 bits per heavy atom. The highest BCUT2D eigenvalue weighted by atomic mass is 79.9. The number of oxazole rings is 1. The van der Waals surface area contributed by atoms with Crippen molar-refractivity contribution in [2.24, 2.45) is 0 Å². The predicted octanol–water partition coefficient (Wildman–Crippen LogP) is 3.95. The van der Waals surface area contributed by atoms with E-state index < -0.39 is 0 Å². The van der Waals surface area contributed by atoms with Gasteiger partial charge in [-0.25, -0.2) is 4.98 Å². The molecular formula is C15H19BrN2O. The van der Waals surface area contributed by atoms with Gasteiger partial charge in [-0.2, -0.15) is 0 Å². The van der Waals surface area contributed by atoms with Crippen molar-refractivity contribution < 1.29 is 4.42 Å². The molecule has 0 aliphatic rings. The van der Waals surface area contributed by atoms with Gasteiger partial charge in [0, 0.05) is 29.0 Å². The topological polar surface area (TPSA) is 38.1 Å². The molecule has 1 heterocycles. The van der Waals surface area contributed by atoms with Crippen LogP contribution in [0, 0.1) is 6.92 Å². The Bertz CT molecular complexity index is 549. The van der Waals surface area contributed by atoms with E-state index in [0.717, 1.165) is 34.7 Å². The van der Waals surface area contributed by atoms with E-state index in [-0.39, 0.29) is 0 Å². The third-order valence-corrected chi connectivity index (χ3v) is 3.95. The van der Waals surface area contributed by atoms with Crippen LogP contribution in [0.3, 0.4) is 0 Å². The first-order valence-corrected chi connectivity index (χ1v) is 7.31. The Balaban J connectivity index is 2.10. The summed E-state index contributed by atoms with van der Waals surface area (Å²) >= 11 is 3.60. The zero-order valence-electron chi connectivity index (χ0n) is 11.5. The maximum atomic E-state index is 5.81. The molecule has 0 saturated heterocycles. The average molecular weight is 323 g/mol. The van der Waals surface area contributed by atoms with Gasteiger partial charge in [0.1, 0.15) is 0 Å². The van der Waals surface area contributed by atoms with Gasteiger partial charge in [0.15, 0.2) is 11.7 Å². The van der Waals surface area contributed by atoms with E-state index in [1.165, 1.54) is 5.56 Å². The molecule has 2 aromatic rings. The van der Waals surface area contributed by atoms with Crippen LogP contribution in [-0.4, -0.2) is 17.6 Å². The molecule has 3 nitrogen and oxygen atoms in total. The van der Waals surface area contributed by atoms with Gasteiger partial charge < -0.3 is 9.73 Å². The van der Waals surface area contributed by atoms with Gasteiger partial charge in [0.05, 0.1) is 6.20 Å². The maximum Gasteiger partial charge on any atom is 0.196 e. The number of aryl methyl sites for hydroxylation is 1. The summed E-state index contributed by atoms with van der Waals surface area (Å²) in [6, 6.07) is 6.61. The van der Waals surface area contributed by atoms with Crippen LogP contribution in [0.5, 0.6) is 0 Å². The SMILES string of the molecule is Cc1cccc(-c2cnc(CCNC(C)C)o2)c1Br. The Hall–Kier alpha value is -1.13. The van der Waals surface area contributed by atoms with Gasteiger partial charge in [0.2, 0.25) is 0 Å². The number of nitrogens with one attached hydrogen (secondary N) is 1. The van der Waals surface area contributed by atoms with E-state index in [9.17, 15) is 0 Å². The monoisotopic (exact) mass is 322 g/mol. The standard InChI is InChI=1S/C15H19BrN2O/c1-10(2)17-8-7-14-18-9-13(19-14)12-6-4-5-11(3)15(12)16/h4-6,9-10,17H,7-8H2,1-3H3. The highest BCUT2D eigenvalue weighted by Crippen LogP contribution is 2.31. The molecule has 19 heavy (non-hydrogen) atoms. The van der Waals surface area contributed by atoms with Gasteiger partial charge in [-0.05, 0) is 28.4 Å². The number of hydrogen-bond acceptors (Lipinski definition) is 3. The predicted molar refractivity (Wildman–Crippen MR) is 81.2 cm³/mol. The van der Waals surface area contributed by atoms with Crippen LogP contribution in [0.1, 0.15) is 25.3 Å². The van der Waals surface area contributed by atoms with Crippen molar-refractivity contribution in [1.29, 1.82) is 0 Å². The van der Waals surface area contributed by atoms with E-state index in [1.807, 2.05) is 12.1 Å². The molecule has 2 rings (SSSR count). The second-order valence-electron chi connectivity index (χ2n) is 4.91. The fraction of sp³-hybridized carbons (Fsp3) is 0.400. The van der Waals surface area contributed by atoms with Crippen LogP contribution in [-0.2, 0) is 6.42 Å². The lowest BCUT2D eigenvalue weighted by atomic mass is 10.1. The second kappa shape index (κ2) is 6.35. The van der Waals surface area contributed by atoms with Gasteiger partial charge in [-0.3, -0.25) is 0 Å². The van der Waals surface area contributed by atoms with E-state index in [1.54, 1.807) is 6.20 Å². The Labute approximate surface area is 122 Å². The van der Waals surface area contributed by atoms with Crippen molar-refractivity contribution in [3.8, 4) is 11.3 Å². The Kier molecular flexibility index (Phi) is 4.77. The third kappa shape index (κ3) is 3.67. The minimum atomic E-state index is 0.486. The molecule has 0 saturated carbocycles. The lowest BCUT2D eigenvalue weighted by Crippen LogP contribution is -2.24. The first kappa shape index (κ1) is 14.3. The summed E-state index contributed by atoms with van der Waals surface area (Å²) in [5.41, 5.74) is 2.24. The normalized spacial score (nSPS) is 11.2. The molecule has 1 aromatic carbocycles. The number of halogens is 1. The summed E-state index contributed by atoms with van der Waals surface area (Å²) in [6.07, 6.45) is 2.60. The van der Waals surface area contributed by atoms with Crippen LogP contribution in [0.4, 0.5) is 0 Å². The molecule has 0 unspecified atom stereocenters. The number of benzene rings is 1. The fourth-order valence-electron chi connectivity index (χ4n) is 1.86. The summed E-state index contributed by atoms with van der Waals surface area (Å²) in [7, 11) is 0. The first-order chi connectivity index (χ1) is 9.08. The smallest absolute Gasteiger partial charge is 0.196 e. The minimum absolute atomic E-state index is 0.486. The minimum Gasteiger partial charge on any atom is -0.441 e. The van der Waals surface area contributed by atoms with Crippen LogP contribution in [0.2, 0.25) is 0 Å². The van der Waals surface area contributed by atoms with Crippen molar-refractivity contribution in [2.45, 2.75) is 33.2 Å². The van der Waals surface area contributed by atoms with Crippen molar-refractivity contribution in [2.75, 3.05) is 6.54 Å². The maximum absolute atomic E-state index is 5.81. The summed E-state index contributed by atoms with van der Waals surface area (Å²) in [5, 5.41) is 3.35. The lowest BCUT2D eigenvalue weighted by molar-refractivity contribution is 0.484. The molecule has 1 aromatic heterocycles. The zero-order chi connectivity index (χ0) is 13.8. The second-order valence-corrected chi connectivity index (χ2v) is 5.71. The Morgan fingerprint density at radius 2 is 2.16 bits per heavy atom. The largest absolute Gasteiger partial charge is 0.441 e. The molecule has 0 spiro atoms. The molecule has 0 aliphatic carbocycles. The van der Waals surface area contributed by atoms with Crippen molar-refractivity contribution in [1.82, 2.24) is 10.3 Å². The summed E-state index contributed by atoms with van der Waals surface area (Å²) in [6.45, 7) is 7.21. The van der Waals surface area contributed by atoms with E-state index in [4.69, 9.17) is 4.42 Å². The van der Waals surface area contributed by atoms with Gasteiger partial charge in [0.25, 0.3) is 0 Å². The number of nitrogens with zero attached hydrogens (tertiary/aromatic N) is 1. The summed E-state index contributed by atoms with van der Waals surface area (Å²) < 4.78 is 6.87. The van der Waals surface area contributed by atoms with E-state index >= 15 is 0 Å². The van der Waals surface area contributed by atoms with Crippen LogP contribution < -0.4 is 5.32 Å². The van der Waals surface area contributed by atoms with E-state index in [0.29, 0.717) is 6.04 Å². The molecule has 0 amide bonds. The fourth-order valence-corrected chi connectivity index (χ4v) is 2.32. The number of hydrogen-bond donors (Lipinski definition) is 1. The molecule has 0 atom stereocenters. The highest BCUT2D eigenvalue weighted by Gasteiger charge is 2.10. The van der Waals surface area contributed by atoms with Gasteiger partial charge in [-0.1, -0.05) is 32.0 Å². The molecule has 0 radical (unpaired) electrons. The summed E-state index contributed by atoms with van der Waals surface area (Å²) in [5.74, 6) is 1.59. The van der Waals surface area contributed by atoms with Gasteiger partial charge >= 0.3 is 0 Å². The molecule has 4 heteroatoms. The quantitative estimate of drug-likeness (QED) is 0.905. The van der Waals surface area contributed by atoms with E-state index in [2.05, 4.69) is 53.1 Å². The summed E-state index contributed by atoms with van der Waals surface area (Å²) in [4.78, 5) is 4.33.